The van der Waals surface area contributed by atoms with Crippen molar-refractivity contribution in [2.45, 2.75) is 131 Å². The number of piperidine rings is 1. The van der Waals surface area contributed by atoms with Crippen LogP contribution >= 0.6 is 0 Å². The minimum atomic E-state index is 0.301. The molecule has 4 aliphatic heterocycles. The van der Waals surface area contributed by atoms with E-state index in [4.69, 9.17) is 0 Å². The topological polar surface area (TPSA) is 16.2 Å². The first-order chi connectivity index (χ1) is 18.9. The fourth-order valence-corrected chi connectivity index (χ4v) is 8.44. The lowest BCUT2D eigenvalue weighted by Crippen LogP contribution is -2.54. The van der Waals surface area contributed by atoms with Gasteiger partial charge in [0.1, 0.15) is 0 Å². The summed E-state index contributed by atoms with van der Waals surface area (Å²) in [5.41, 5.74) is 1.78. The van der Waals surface area contributed by atoms with Gasteiger partial charge in [-0.3, -0.25) is 14.7 Å². The second-order valence-corrected chi connectivity index (χ2v) is 18.4. The molecule has 0 amide bonds. The maximum atomic E-state index is 2.85. The highest BCUT2D eigenvalue weighted by atomic mass is 15.3. The third-order valence-corrected chi connectivity index (χ3v) is 12.7. The molecule has 0 radical (unpaired) electrons. The van der Waals surface area contributed by atoms with Gasteiger partial charge in [0.25, 0.3) is 0 Å². The molecule has 0 bridgehead atoms. The summed E-state index contributed by atoms with van der Waals surface area (Å²) in [6, 6.07) is 0. The Hall–Kier alpha value is -0.200. The van der Waals surface area contributed by atoms with Crippen molar-refractivity contribution in [1.82, 2.24) is 24.5 Å². The van der Waals surface area contributed by atoms with Crippen LogP contribution in [0.3, 0.4) is 0 Å². The van der Waals surface area contributed by atoms with E-state index in [1.165, 1.54) is 117 Å². The third kappa shape index (κ3) is 8.50. The Bertz CT molecular complexity index is 820. The quantitative estimate of drug-likeness (QED) is 0.311. The monoisotopic (exact) mass is 574 g/mol. The SMILES string of the molecule is CC(C)(C)N1CCN(CC2CCN(C(C)(C)CCC(C)(C)C3(C)CCN(CC4CCN(C(C)(C)C)C4)CC3)C2)CC1. The van der Waals surface area contributed by atoms with Gasteiger partial charge in [-0.1, -0.05) is 20.8 Å². The van der Waals surface area contributed by atoms with E-state index in [1.54, 1.807) is 0 Å². The van der Waals surface area contributed by atoms with E-state index in [2.05, 4.69) is 101 Å². The summed E-state index contributed by atoms with van der Waals surface area (Å²) >= 11 is 0. The molecule has 0 aliphatic carbocycles. The maximum Gasteiger partial charge on any atom is 0.0153 e. The van der Waals surface area contributed by atoms with Gasteiger partial charge < -0.3 is 9.80 Å². The minimum Gasteiger partial charge on any atom is -0.303 e. The van der Waals surface area contributed by atoms with Crippen molar-refractivity contribution in [3.05, 3.63) is 0 Å². The van der Waals surface area contributed by atoms with E-state index in [-0.39, 0.29) is 0 Å². The number of rotatable bonds is 9. The van der Waals surface area contributed by atoms with E-state index < -0.39 is 0 Å². The highest BCUT2D eigenvalue weighted by Gasteiger charge is 2.45. The molecule has 0 N–H and O–H groups in total. The van der Waals surface area contributed by atoms with Crippen LogP contribution in [0.4, 0.5) is 0 Å². The molecule has 4 heterocycles. The molecule has 4 fully saturated rings. The second kappa shape index (κ2) is 12.7. The van der Waals surface area contributed by atoms with Gasteiger partial charge in [0, 0.05) is 69.0 Å². The summed E-state index contributed by atoms with van der Waals surface area (Å²) in [7, 11) is 0. The lowest BCUT2D eigenvalue weighted by molar-refractivity contribution is -0.00976. The molecule has 0 saturated carbocycles. The van der Waals surface area contributed by atoms with Crippen LogP contribution in [0.2, 0.25) is 0 Å². The Morgan fingerprint density at radius 1 is 0.537 bits per heavy atom. The summed E-state index contributed by atoms with van der Waals surface area (Å²) < 4.78 is 0. The van der Waals surface area contributed by atoms with Crippen LogP contribution in [0.5, 0.6) is 0 Å². The van der Waals surface area contributed by atoms with Gasteiger partial charge in [-0.15, -0.1) is 0 Å². The van der Waals surface area contributed by atoms with Gasteiger partial charge in [0.15, 0.2) is 0 Å². The molecule has 0 spiro atoms. The highest BCUT2D eigenvalue weighted by molar-refractivity contribution is 4.97. The van der Waals surface area contributed by atoms with E-state index >= 15 is 0 Å². The summed E-state index contributed by atoms with van der Waals surface area (Å²) in [5, 5.41) is 0. The second-order valence-electron chi connectivity index (χ2n) is 18.4. The zero-order valence-corrected chi connectivity index (χ0v) is 29.6. The minimum absolute atomic E-state index is 0.301. The predicted octanol–water partition coefficient (Wildman–Crippen LogP) is 6.53. The Balaban J connectivity index is 1.19. The number of likely N-dealkylation sites (tertiary alicyclic amines) is 3. The van der Waals surface area contributed by atoms with Crippen LogP contribution in [0.1, 0.15) is 115 Å². The molecule has 0 aromatic carbocycles. The van der Waals surface area contributed by atoms with Crippen molar-refractivity contribution < 1.29 is 0 Å². The van der Waals surface area contributed by atoms with Crippen LogP contribution in [0.25, 0.3) is 0 Å². The van der Waals surface area contributed by atoms with Crippen LogP contribution in [-0.4, -0.2) is 120 Å². The summed E-state index contributed by atoms with van der Waals surface area (Å²) in [6.07, 6.45) is 8.16. The highest BCUT2D eigenvalue weighted by Crippen LogP contribution is 2.50. The van der Waals surface area contributed by atoms with Crippen molar-refractivity contribution >= 4 is 0 Å². The van der Waals surface area contributed by atoms with Gasteiger partial charge in [-0.2, -0.15) is 0 Å². The normalized spacial score (nSPS) is 29.0. The number of piperazine rings is 1. The molecule has 0 aromatic rings. The van der Waals surface area contributed by atoms with E-state index in [1.807, 2.05) is 0 Å². The lowest BCUT2D eigenvalue weighted by Gasteiger charge is -2.51. The summed E-state index contributed by atoms with van der Waals surface area (Å²) in [6.45, 7) is 42.5. The molecule has 240 valence electrons. The predicted molar refractivity (Wildman–Crippen MR) is 178 cm³/mol. The molecule has 5 nitrogen and oxygen atoms in total. The van der Waals surface area contributed by atoms with Gasteiger partial charge in [-0.25, -0.2) is 0 Å². The average Bonchev–Trinajstić information content (AvgIpc) is 3.55. The molecule has 4 rings (SSSR count). The van der Waals surface area contributed by atoms with Crippen molar-refractivity contribution in [2.24, 2.45) is 22.7 Å². The standard InChI is InChI=1S/C36H71N5/c1-32(2,3)39-24-22-38(23-25-39)27-31-13-19-41(29-31)35(9,10)15-14-34(7,8)36(11)16-20-37(21-17-36)26-30-12-18-40(28-30)33(4,5)6/h30-31H,12-29H2,1-11H3. The average molecular weight is 574 g/mol. The van der Waals surface area contributed by atoms with E-state index in [9.17, 15) is 0 Å². The molecule has 4 saturated heterocycles. The van der Waals surface area contributed by atoms with Crippen molar-refractivity contribution in [2.75, 3.05) is 78.5 Å². The Kier molecular flexibility index (Phi) is 10.4. The Morgan fingerprint density at radius 2 is 1.00 bits per heavy atom. The van der Waals surface area contributed by atoms with Crippen molar-refractivity contribution in [3.8, 4) is 0 Å². The largest absolute Gasteiger partial charge is 0.303 e. The molecule has 0 aromatic heterocycles. The number of nitrogens with zero attached hydrogens (tertiary/aromatic N) is 5. The molecular formula is C36H71N5. The zero-order chi connectivity index (χ0) is 30.3. The smallest absolute Gasteiger partial charge is 0.0153 e. The van der Waals surface area contributed by atoms with E-state index in [0.29, 0.717) is 27.4 Å². The molecule has 4 aliphatic rings. The fourth-order valence-electron chi connectivity index (χ4n) is 8.44. The molecular weight excluding hydrogens is 502 g/mol. The van der Waals surface area contributed by atoms with Crippen molar-refractivity contribution in [1.29, 1.82) is 0 Å². The molecule has 5 heteroatoms. The lowest BCUT2D eigenvalue weighted by atomic mass is 9.59. The third-order valence-electron chi connectivity index (χ3n) is 12.7. The summed E-state index contributed by atoms with van der Waals surface area (Å²) in [4.78, 5) is 13.8. The molecule has 2 unspecified atom stereocenters. The van der Waals surface area contributed by atoms with E-state index in [0.717, 1.165) is 11.8 Å². The summed E-state index contributed by atoms with van der Waals surface area (Å²) in [5.74, 6) is 1.71. The van der Waals surface area contributed by atoms with Crippen LogP contribution < -0.4 is 0 Å². The molecule has 41 heavy (non-hydrogen) atoms. The first-order valence-corrected chi connectivity index (χ1v) is 17.6. The van der Waals surface area contributed by atoms with Crippen molar-refractivity contribution in [3.63, 3.8) is 0 Å². The van der Waals surface area contributed by atoms with Crippen LogP contribution in [0.15, 0.2) is 0 Å². The Labute approximate surface area is 256 Å². The Morgan fingerprint density at radius 3 is 1.49 bits per heavy atom. The van der Waals surface area contributed by atoms with Gasteiger partial charge >= 0.3 is 0 Å². The number of hydrogen-bond acceptors (Lipinski definition) is 5. The molecule has 2 atom stereocenters. The number of hydrogen-bond donors (Lipinski definition) is 0. The zero-order valence-electron chi connectivity index (χ0n) is 29.6. The van der Waals surface area contributed by atoms with Crippen LogP contribution in [0, 0.1) is 22.7 Å². The van der Waals surface area contributed by atoms with Gasteiger partial charge in [0.05, 0.1) is 0 Å². The van der Waals surface area contributed by atoms with Crippen LogP contribution in [-0.2, 0) is 0 Å². The first-order valence-electron chi connectivity index (χ1n) is 17.6. The van der Waals surface area contributed by atoms with Gasteiger partial charge in [-0.05, 0) is 143 Å². The first kappa shape index (κ1) is 33.7. The maximum absolute atomic E-state index is 2.85. The van der Waals surface area contributed by atoms with Gasteiger partial charge in [0.2, 0.25) is 0 Å². The fraction of sp³-hybridized carbons (Fsp3) is 1.00.